The Morgan fingerprint density at radius 1 is 1.44 bits per heavy atom. The first-order valence-corrected chi connectivity index (χ1v) is 6.01. The molecule has 1 atom stereocenters. The Hall–Kier alpha value is -1.75. The molecule has 0 aliphatic rings. The van der Waals surface area contributed by atoms with E-state index in [1.807, 2.05) is 6.92 Å². The molecule has 0 saturated carbocycles. The Bertz CT molecular complexity index is 512. The van der Waals surface area contributed by atoms with Crippen LogP contribution in [0.3, 0.4) is 0 Å². The van der Waals surface area contributed by atoms with Crippen molar-refractivity contribution < 1.29 is 8.91 Å². The average Bonchev–Trinajstić information content (AvgIpc) is 2.78. The van der Waals surface area contributed by atoms with Gasteiger partial charge in [0, 0.05) is 18.0 Å². The van der Waals surface area contributed by atoms with Crippen molar-refractivity contribution in [2.45, 2.75) is 26.3 Å². The van der Waals surface area contributed by atoms with E-state index in [2.05, 4.69) is 22.4 Å². The first-order valence-electron chi connectivity index (χ1n) is 6.01. The monoisotopic (exact) mass is 249 g/mol. The maximum atomic E-state index is 13.1. The summed E-state index contributed by atoms with van der Waals surface area (Å²) in [6.45, 7) is 4.99. The zero-order valence-electron chi connectivity index (χ0n) is 10.5. The highest BCUT2D eigenvalue weighted by atomic mass is 19.1. The van der Waals surface area contributed by atoms with Crippen LogP contribution in [0.5, 0.6) is 0 Å². The standard InChI is InChI=1S/C13H16FN3O/c1-3-15-9(2)7-12-16-13(17-18-12)10-5-4-6-11(14)8-10/h4-6,8-9,15H,3,7H2,1-2H3. The molecule has 0 aliphatic carbocycles. The van der Waals surface area contributed by atoms with Gasteiger partial charge in [0.2, 0.25) is 11.7 Å². The summed E-state index contributed by atoms with van der Waals surface area (Å²) >= 11 is 0. The lowest BCUT2D eigenvalue weighted by molar-refractivity contribution is 0.363. The fraction of sp³-hybridized carbons (Fsp3) is 0.385. The summed E-state index contributed by atoms with van der Waals surface area (Å²) in [5.41, 5.74) is 0.626. The number of aromatic nitrogens is 2. The van der Waals surface area contributed by atoms with Gasteiger partial charge in [-0.05, 0) is 25.6 Å². The van der Waals surface area contributed by atoms with Gasteiger partial charge >= 0.3 is 0 Å². The molecule has 0 amide bonds. The zero-order valence-corrected chi connectivity index (χ0v) is 10.5. The summed E-state index contributed by atoms with van der Waals surface area (Å²) in [6, 6.07) is 6.43. The van der Waals surface area contributed by atoms with Gasteiger partial charge in [0.05, 0.1) is 0 Å². The molecule has 4 nitrogen and oxygen atoms in total. The maximum Gasteiger partial charge on any atom is 0.228 e. The largest absolute Gasteiger partial charge is 0.339 e. The molecule has 1 N–H and O–H groups in total. The summed E-state index contributed by atoms with van der Waals surface area (Å²) in [7, 11) is 0. The number of benzene rings is 1. The molecule has 1 heterocycles. The van der Waals surface area contributed by atoms with E-state index in [-0.39, 0.29) is 11.9 Å². The van der Waals surface area contributed by atoms with E-state index in [0.717, 1.165) is 6.54 Å². The molecule has 1 unspecified atom stereocenters. The predicted octanol–water partition coefficient (Wildman–Crippen LogP) is 2.42. The van der Waals surface area contributed by atoms with Crippen LogP contribution in [-0.2, 0) is 6.42 Å². The zero-order chi connectivity index (χ0) is 13.0. The fourth-order valence-corrected chi connectivity index (χ4v) is 1.77. The van der Waals surface area contributed by atoms with Gasteiger partial charge in [-0.15, -0.1) is 0 Å². The quantitative estimate of drug-likeness (QED) is 0.884. The molecular weight excluding hydrogens is 233 g/mol. The highest BCUT2D eigenvalue weighted by molar-refractivity contribution is 5.53. The van der Waals surface area contributed by atoms with Crippen molar-refractivity contribution >= 4 is 0 Å². The van der Waals surface area contributed by atoms with E-state index in [4.69, 9.17) is 4.52 Å². The lowest BCUT2D eigenvalue weighted by atomic mass is 10.2. The Balaban J connectivity index is 2.10. The molecule has 2 rings (SSSR count). The molecular formula is C13H16FN3O. The fourth-order valence-electron chi connectivity index (χ4n) is 1.77. The van der Waals surface area contributed by atoms with E-state index >= 15 is 0 Å². The number of nitrogens with zero attached hydrogens (tertiary/aromatic N) is 2. The minimum atomic E-state index is -0.306. The van der Waals surface area contributed by atoms with Crippen LogP contribution in [0.4, 0.5) is 4.39 Å². The van der Waals surface area contributed by atoms with Gasteiger partial charge in [-0.1, -0.05) is 24.2 Å². The molecule has 2 aromatic rings. The van der Waals surface area contributed by atoms with Crippen molar-refractivity contribution in [3.63, 3.8) is 0 Å². The predicted molar refractivity (Wildman–Crippen MR) is 66.5 cm³/mol. The summed E-state index contributed by atoms with van der Waals surface area (Å²) in [5.74, 6) is 0.677. The van der Waals surface area contributed by atoms with E-state index in [1.54, 1.807) is 12.1 Å². The number of hydrogen-bond donors (Lipinski definition) is 1. The van der Waals surface area contributed by atoms with E-state index in [1.165, 1.54) is 12.1 Å². The Morgan fingerprint density at radius 2 is 2.28 bits per heavy atom. The van der Waals surface area contributed by atoms with Crippen LogP contribution in [0.25, 0.3) is 11.4 Å². The molecule has 0 aliphatic heterocycles. The summed E-state index contributed by atoms with van der Waals surface area (Å²) in [4.78, 5) is 4.26. The van der Waals surface area contributed by atoms with Crippen molar-refractivity contribution in [1.29, 1.82) is 0 Å². The molecule has 0 fully saturated rings. The number of rotatable bonds is 5. The van der Waals surface area contributed by atoms with Gasteiger partial charge in [-0.3, -0.25) is 0 Å². The number of halogens is 1. The summed E-state index contributed by atoms with van der Waals surface area (Å²) in [5, 5.41) is 7.12. The van der Waals surface area contributed by atoms with Crippen molar-refractivity contribution in [2.75, 3.05) is 6.54 Å². The Kier molecular flexibility index (Phi) is 4.04. The molecule has 0 spiro atoms. The molecule has 0 bridgehead atoms. The van der Waals surface area contributed by atoms with Gasteiger partial charge in [-0.25, -0.2) is 4.39 Å². The lowest BCUT2D eigenvalue weighted by Crippen LogP contribution is -2.27. The lowest BCUT2D eigenvalue weighted by Gasteiger charge is -2.07. The van der Waals surface area contributed by atoms with Crippen LogP contribution in [0.15, 0.2) is 28.8 Å². The average molecular weight is 249 g/mol. The maximum absolute atomic E-state index is 13.1. The number of hydrogen-bond acceptors (Lipinski definition) is 4. The molecule has 0 radical (unpaired) electrons. The van der Waals surface area contributed by atoms with Gasteiger partial charge in [0.25, 0.3) is 0 Å². The third kappa shape index (κ3) is 3.13. The van der Waals surface area contributed by atoms with Crippen molar-refractivity contribution in [3.05, 3.63) is 36.0 Å². The molecule has 1 aromatic heterocycles. The van der Waals surface area contributed by atoms with Gasteiger partial charge in [0.15, 0.2) is 0 Å². The van der Waals surface area contributed by atoms with E-state index in [0.29, 0.717) is 23.7 Å². The smallest absolute Gasteiger partial charge is 0.228 e. The molecule has 18 heavy (non-hydrogen) atoms. The highest BCUT2D eigenvalue weighted by Crippen LogP contribution is 2.17. The van der Waals surface area contributed by atoms with Crippen LogP contribution in [0.1, 0.15) is 19.7 Å². The third-order valence-electron chi connectivity index (χ3n) is 2.58. The molecule has 1 aromatic carbocycles. The van der Waals surface area contributed by atoms with Gasteiger partial charge in [-0.2, -0.15) is 4.98 Å². The molecule has 0 saturated heterocycles. The second-order valence-electron chi connectivity index (χ2n) is 4.18. The van der Waals surface area contributed by atoms with Crippen LogP contribution >= 0.6 is 0 Å². The summed E-state index contributed by atoms with van der Waals surface area (Å²) in [6.07, 6.45) is 0.663. The number of nitrogens with one attached hydrogen (secondary N) is 1. The van der Waals surface area contributed by atoms with Crippen LogP contribution < -0.4 is 5.32 Å². The normalized spacial score (nSPS) is 12.6. The second-order valence-corrected chi connectivity index (χ2v) is 4.18. The Morgan fingerprint density at radius 3 is 3.00 bits per heavy atom. The topological polar surface area (TPSA) is 51.0 Å². The second kappa shape index (κ2) is 5.73. The molecule has 5 heteroatoms. The first-order chi connectivity index (χ1) is 8.69. The van der Waals surface area contributed by atoms with Crippen molar-refractivity contribution in [2.24, 2.45) is 0 Å². The van der Waals surface area contributed by atoms with Gasteiger partial charge < -0.3 is 9.84 Å². The summed E-state index contributed by atoms with van der Waals surface area (Å²) < 4.78 is 18.2. The van der Waals surface area contributed by atoms with Crippen LogP contribution in [0.2, 0.25) is 0 Å². The SMILES string of the molecule is CCNC(C)Cc1nc(-c2cccc(F)c2)no1. The third-order valence-corrected chi connectivity index (χ3v) is 2.58. The minimum absolute atomic E-state index is 0.274. The van der Waals surface area contributed by atoms with Crippen molar-refractivity contribution in [1.82, 2.24) is 15.5 Å². The highest BCUT2D eigenvalue weighted by Gasteiger charge is 2.11. The minimum Gasteiger partial charge on any atom is -0.339 e. The van der Waals surface area contributed by atoms with Gasteiger partial charge in [0.1, 0.15) is 5.82 Å². The van der Waals surface area contributed by atoms with Crippen LogP contribution in [0, 0.1) is 5.82 Å². The van der Waals surface area contributed by atoms with E-state index in [9.17, 15) is 4.39 Å². The van der Waals surface area contributed by atoms with Crippen molar-refractivity contribution in [3.8, 4) is 11.4 Å². The van der Waals surface area contributed by atoms with E-state index < -0.39 is 0 Å². The first kappa shape index (κ1) is 12.7. The Labute approximate surface area is 105 Å². The molecule has 96 valence electrons. The van der Waals surface area contributed by atoms with Crippen LogP contribution in [-0.4, -0.2) is 22.7 Å². The number of likely N-dealkylation sites (N-methyl/N-ethyl adjacent to an activating group) is 1.